The Morgan fingerprint density at radius 1 is 0.711 bits per heavy atom. The summed E-state index contributed by atoms with van der Waals surface area (Å²) in [6.45, 7) is 7.21. The van der Waals surface area contributed by atoms with E-state index >= 15 is 0 Å². The average Bonchev–Trinajstić information content (AvgIpc) is 3.00. The average molecular weight is 509 g/mol. The number of piperidine rings is 2. The van der Waals surface area contributed by atoms with Gasteiger partial charge in [0.1, 0.15) is 12.4 Å². The van der Waals surface area contributed by atoms with Gasteiger partial charge in [0.05, 0.1) is 0 Å². The number of rotatable bonds is 8. The lowest BCUT2D eigenvalue weighted by Gasteiger charge is -2.40. The molecule has 0 N–H and O–H groups in total. The first kappa shape index (κ1) is 25.6. The molecule has 1 atom stereocenters. The van der Waals surface area contributed by atoms with Crippen LogP contribution < -0.4 is 4.74 Å². The number of hydrogen-bond acceptors (Lipinski definition) is 3. The second-order valence-corrected chi connectivity index (χ2v) is 11.8. The van der Waals surface area contributed by atoms with E-state index in [-0.39, 0.29) is 0 Å². The number of nitrogens with zero attached hydrogens (tertiary/aromatic N) is 2. The number of aryl methyl sites for hydroxylation is 1. The molecule has 2 aliphatic heterocycles. The van der Waals surface area contributed by atoms with Crippen molar-refractivity contribution in [3.8, 4) is 16.9 Å². The zero-order chi connectivity index (χ0) is 25.6. The molecule has 0 bridgehead atoms. The van der Waals surface area contributed by atoms with Crippen molar-refractivity contribution in [2.75, 3.05) is 32.7 Å². The first-order valence-electron chi connectivity index (χ1n) is 15.2. The smallest absolute Gasteiger partial charge is 0.120 e. The highest BCUT2D eigenvalue weighted by atomic mass is 16.5. The van der Waals surface area contributed by atoms with Crippen molar-refractivity contribution in [1.29, 1.82) is 0 Å². The summed E-state index contributed by atoms with van der Waals surface area (Å²) in [7, 11) is 0. The second kappa shape index (κ2) is 12.5. The van der Waals surface area contributed by atoms with Crippen LogP contribution in [0.2, 0.25) is 0 Å². The van der Waals surface area contributed by atoms with Crippen molar-refractivity contribution >= 4 is 0 Å². The Labute approximate surface area is 229 Å². The van der Waals surface area contributed by atoms with Gasteiger partial charge in [-0.15, -0.1) is 0 Å². The minimum absolute atomic E-state index is 0.616. The molecule has 3 aliphatic rings. The maximum atomic E-state index is 6.20. The van der Waals surface area contributed by atoms with Gasteiger partial charge in [0.25, 0.3) is 0 Å². The summed E-state index contributed by atoms with van der Waals surface area (Å²) in [5, 5.41) is 0. The molecule has 0 saturated carbocycles. The molecule has 2 saturated heterocycles. The quantitative estimate of drug-likeness (QED) is 0.316. The van der Waals surface area contributed by atoms with Gasteiger partial charge in [-0.05, 0) is 130 Å². The molecule has 0 amide bonds. The third kappa shape index (κ3) is 6.50. The predicted molar refractivity (Wildman–Crippen MR) is 158 cm³/mol. The summed E-state index contributed by atoms with van der Waals surface area (Å²) in [6, 6.07) is 27.0. The number of ether oxygens (including phenoxy) is 1. The van der Waals surface area contributed by atoms with Gasteiger partial charge in [0, 0.05) is 6.04 Å². The van der Waals surface area contributed by atoms with Gasteiger partial charge in [0.2, 0.25) is 0 Å². The highest BCUT2D eigenvalue weighted by Gasteiger charge is 2.26. The highest BCUT2D eigenvalue weighted by molar-refractivity contribution is 5.63. The molecule has 3 heteroatoms. The lowest BCUT2D eigenvalue weighted by atomic mass is 9.82. The Balaban J connectivity index is 0.945. The van der Waals surface area contributed by atoms with Gasteiger partial charge in [-0.25, -0.2) is 0 Å². The highest BCUT2D eigenvalue weighted by Crippen LogP contribution is 2.31. The number of fused-ring (bicyclic) bond motifs is 1. The van der Waals surface area contributed by atoms with Crippen molar-refractivity contribution in [1.82, 2.24) is 9.80 Å². The molecular formula is C35H44N2O. The minimum atomic E-state index is 0.616. The summed E-state index contributed by atoms with van der Waals surface area (Å²) in [4.78, 5) is 5.54. The Morgan fingerprint density at radius 2 is 1.47 bits per heavy atom. The van der Waals surface area contributed by atoms with E-state index in [4.69, 9.17) is 4.74 Å². The molecule has 0 radical (unpaired) electrons. The normalized spacial score (nSPS) is 21.2. The molecule has 0 spiro atoms. The van der Waals surface area contributed by atoms with Crippen LogP contribution in [0.3, 0.4) is 0 Å². The van der Waals surface area contributed by atoms with Crippen LogP contribution in [0.5, 0.6) is 5.75 Å². The summed E-state index contributed by atoms with van der Waals surface area (Å²) >= 11 is 0. The van der Waals surface area contributed by atoms with E-state index in [0.29, 0.717) is 6.61 Å². The molecule has 6 rings (SSSR count). The number of benzene rings is 3. The molecular weight excluding hydrogens is 464 g/mol. The monoisotopic (exact) mass is 508 g/mol. The van der Waals surface area contributed by atoms with Crippen LogP contribution in [0.15, 0.2) is 72.8 Å². The van der Waals surface area contributed by atoms with E-state index in [2.05, 4.69) is 82.6 Å². The van der Waals surface area contributed by atoms with E-state index in [9.17, 15) is 0 Å². The topological polar surface area (TPSA) is 15.7 Å². The SMILES string of the molecule is c1ccc(-c2ccc(COc3ccc4c(c3)CCC(CCN3CCC(N5CCCCC5)CC3)C4)cc2)cc1. The number of likely N-dealkylation sites (tertiary alicyclic amines) is 2. The molecule has 3 aromatic rings. The molecule has 3 nitrogen and oxygen atoms in total. The third-order valence-electron chi connectivity index (χ3n) is 9.29. The van der Waals surface area contributed by atoms with E-state index in [0.717, 1.165) is 17.7 Å². The second-order valence-electron chi connectivity index (χ2n) is 11.8. The lowest BCUT2D eigenvalue weighted by Crippen LogP contribution is -2.47. The molecule has 1 aliphatic carbocycles. The molecule has 2 heterocycles. The predicted octanol–water partition coefficient (Wildman–Crippen LogP) is 7.38. The van der Waals surface area contributed by atoms with Crippen LogP contribution in [-0.2, 0) is 19.4 Å². The fourth-order valence-corrected chi connectivity index (χ4v) is 6.89. The first-order valence-corrected chi connectivity index (χ1v) is 15.2. The van der Waals surface area contributed by atoms with Gasteiger partial charge in [-0.2, -0.15) is 0 Å². The Bertz CT molecular complexity index is 1140. The van der Waals surface area contributed by atoms with Crippen LogP contribution in [0.1, 0.15) is 61.6 Å². The fourth-order valence-electron chi connectivity index (χ4n) is 6.89. The Kier molecular flexibility index (Phi) is 8.43. The van der Waals surface area contributed by atoms with E-state index in [1.54, 1.807) is 5.56 Å². The summed E-state index contributed by atoms with van der Waals surface area (Å²) in [6.07, 6.45) is 12.1. The minimum Gasteiger partial charge on any atom is -0.489 e. The van der Waals surface area contributed by atoms with E-state index < -0.39 is 0 Å². The lowest BCUT2D eigenvalue weighted by molar-refractivity contribution is 0.0896. The van der Waals surface area contributed by atoms with Crippen LogP contribution in [0.25, 0.3) is 11.1 Å². The summed E-state index contributed by atoms with van der Waals surface area (Å²) in [5.41, 5.74) is 6.76. The third-order valence-corrected chi connectivity index (χ3v) is 9.29. The molecule has 1 unspecified atom stereocenters. The molecule has 3 aromatic carbocycles. The van der Waals surface area contributed by atoms with Crippen molar-refractivity contribution in [2.45, 2.75) is 70.4 Å². The van der Waals surface area contributed by atoms with Crippen LogP contribution in [0.4, 0.5) is 0 Å². The van der Waals surface area contributed by atoms with Crippen LogP contribution in [-0.4, -0.2) is 48.6 Å². The van der Waals surface area contributed by atoms with Crippen molar-refractivity contribution < 1.29 is 4.74 Å². The summed E-state index contributed by atoms with van der Waals surface area (Å²) < 4.78 is 6.20. The largest absolute Gasteiger partial charge is 0.489 e. The zero-order valence-electron chi connectivity index (χ0n) is 23.0. The van der Waals surface area contributed by atoms with Gasteiger partial charge in [-0.3, -0.25) is 0 Å². The maximum Gasteiger partial charge on any atom is 0.120 e. The Morgan fingerprint density at radius 3 is 2.26 bits per heavy atom. The summed E-state index contributed by atoms with van der Waals surface area (Å²) in [5.74, 6) is 1.84. The van der Waals surface area contributed by atoms with E-state index in [1.807, 2.05) is 0 Å². The standard InChI is InChI=1S/C35H44N2O/c1-3-7-30(8-4-1)31-12-10-29(11-13-31)27-38-35-16-15-32-25-28(9-14-33(32)26-35)17-22-36-23-18-34(19-24-36)37-20-5-2-6-21-37/h1,3-4,7-8,10-13,15-16,26,28,34H,2,5-6,9,14,17-25,27H2. The van der Waals surface area contributed by atoms with Gasteiger partial charge in [-0.1, -0.05) is 67.1 Å². The van der Waals surface area contributed by atoms with Crippen molar-refractivity contribution in [2.24, 2.45) is 5.92 Å². The van der Waals surface area contributed by atoms with Crippen molar-refractivity contribution in [3.05, 3.63) is 89.5 Å². The maximum absolute atomic E-state index is 6.20. The van der Waals surface area contributed by atoms with Crippen molar-refractivity contribution in [3.63, 3.8) is 0 Å². The van der Waals surface area contributed by atoms with E-state index in [1.165, 1.54) is 113 Å². The first-order chi connectivity index (χ1) is 18.8. The van der Waals surface area contributed by atoms with Gasteiger partial charge in [0.15, 0.2) is 0 Å². The zero-order valence-corrected chi connectivity index (χ0v) is 23.0. The Hall–Kier alpha value is -2.62. The van der Waals surface area contributed by atoms with Gasteiger partial charge < -0.3 is 14.5 Å². The molecule has 38 heavy (non-hydrogen) atoms. The molecule has 2 fully saturated rings. The fraction of sp³-hybridized carbons (Fsp3) is 0.486. The van der Waals surface area contributed by atoms with Crippen LogP contribution >= 0.6 is 0 Å². The number of hydrogen-bond donors (Lipinski definition) is 0. The van der Waals surface area contributed by atoms with Gasteiger partial charge >= 0.3 is 0 Å². The molecule has 200 valence electrons. The van der Waals surface area contributed by atoms with Crippen LogP contribution in [0, 0.1) is 5.92 Å². The molecule has 0 aromatic heterocycles.